The quantitative estimate of drug-likeness (QED) is 0.849. The zero-order valence-electron chi connectivity index (χ0n) is 10.7. The highest BCUT2D eigenvalue weighted by Crippen LogP contribution is 2.37. The Kier molecular flexibility index (Phi) is 2.78. The van der Waals surface area contributed by atoms with Crippen LogP contribution in [0.1, 0.15) is 51.3 Å². The van der Waals surface area contributed by atoms with Gasteiger partial charge in [0, 0.05) is 18.5 Å². The number of hydrogen-bond donors (Lipinski definition) is 1. The normalized spacial score (nSPS) is 18.8. The predicted molar refractivity (Wildman–Crippen MR) is 64.2 cm³/mol. The minimum absolute atomic E-state index is 0.119. The Morgan fingerprint density at radius 1 is 1.38 bits per heavy atom. The summed E-state index contributed by atoms with van der Waals surface area (Å²) < 4.78 is 2.27. The summed E-state index contributed by atoms with van der Waals surface area (Å²) in [7, 11) is 0. The molecule has 0 spiro atoms. The molecule has 1 aliphatic rings. The monoisotopic (exact) mass is 222 g/mol. The van der Waals surface area contributed by atoms with E-state index in [1.807, 2.05) is 6.92 Å². The predicted octanol–water partition coefficient (Wildman–Crippen LogP) is 1.84. The second-order valence-corrected chi connectivity index (χ2v) is 5.94. The largest absolute Gasteiger partial charge is 0.327 e. The van der Waals surface area contributed by atoms with Gasteiger partial charge in [-0.3, -0.25) is 0 Å². The van der Waals surface area contributed by atoms with Crippen molar-refractivity contribution in [1.82, 2.24) is 14.8 Å². The average molecular weight is 222 g/mol. The van der Waals surface area contributed by atoms with Crippen molar-refractivity contribution in [1.29, 1.82) is 0 Å². The van der Waals surface area contributed by atoms with Crippen molar-refractivity contribution in [3.63, 3.8) is 0 Å². The molecule has 1 unspecified atom stereocenters. The first kappa shape index (κ1) is 11.6. The Balaban J connectivity index is 2.15. The van der Waals surface area contributed by atoms with E-state index >= 15 is 0 Å². The molecule has 0 bridgehead atoms. The fourth-order valence-corrected chi connectivity index (χ4v) is 1.86. The van der Waals surface area contributed by atoms with E-state index in [2.05, 4.69) is 35.5 Å². The molecule has 2 N–H and O–H groups in total. The molecule has 2 rings (SSSR count). The second-order valence-electron chi connectivity index (χ2n) is 5.94. The molecule has 1 heterocycles. The van der Waals surface area contributed by atoms with Gasteiger partial charge in [-0.25, -0.2) is 0 Å². The molecule has 4 nitrogen and oxygen atoms in total. The molecule has 0 aromatic carbocycles. The highest BCUT2D eigenvalue weighted by molar-refractivity contribution is 5.03. The zero-order chi connectivity index (χ0) is 11.9. The van der Waals surface area contributed by atoms with Gasteiger partial charge in [0.2, 0.25) is 0 Å². The maximum absolute atomic E-state index is 6.20. The summed E-state index contributed by atoms with van der Waals surface area (Å²) in [5, 5.41) is 8.43. The Labute approximate surface area is 97.2 Å². The van der Waals surface area contributed by atoms with Crippen molar-refractivity contribution in [2.75, 3.05) is 0 Å². The molecule has 1 aliphatic carbocycles. The third-order valence-corrected chi connectivity index (χ3v) is 3.36. The molecule has 1 fully saturated rings. The topological polar surface area (TPSA) is 56.7 Å². The zero-order valence-corrected chi connectivity index (χ0v) is 10.7. The summed E-state index contributed by atoms with van der Waals surface area (Å²) in [6.45, 7) is 8.53. The molecule has 4 heteroatoms. The maximum Gasteiger partial charge on any atom is 0.134 e. The highest BCUT2D eigenvalue weighted by Gasteiger charge is 2.30. The first-order chi connectivity index (χ1) is 7.39. The van der Waals surface area contributed by atoms with Gasteiger partial charge >= 0.3 is 0 Å². The van der Waals surface area contributed by atoms with E-state index < -0.39 is 0 Å². The van der Waals surface area contributed by atoms with Crippen LogP contribution in [0.2, 0.25) is 0 Å². The second kappa shape index (κ2) is 3.84. The lowest BCUT2D eigenvalue weighted by atomic mass is 9.85. The van der Waals surface area contributed by atoms with Gasteiger partial charge in [0.1, 0.15) is 11.6 Å². The van der Waals surface area contributed by atoms with E-state index in [1.54, 1.807) is 0 Å². The van der Waals surface area contributed by atoms with Gasteiger partial charge in [-0.1, -0.05) is 20.8 Å². The number of aromatic nitrogens is 3. The van der Waals surface area contributed by atoms with E-state index in [-0.39, 0.29) is 11.5 Å². The summed E-state index contributed by atoms with van der Waals surface area (Å²) in [6, 6.07) is 0.769. The van der Waals surface area contributed by atoms with Crippen molar-refractivity contribution in [3.05, 3.63) is 11.6 Å². The summed E-state index contributed by atoms with van der Waals surface area (Å²) in [4.78, 5) is 0. The molecule has 16 heavy (non-hydrogen) atoms. The molecule has 1 aromatic heterocycles. The summed E-state index contributed by atoms with van der Waals surface area (Å²) in [6.07, 6.45) is 3.34. The smallest absolute Gasteiger partial charge is 0.134 e. The van der Waals surface area contributed by atoms with Gasteiger partial charge in [0.05, 0.1) is 0 Å². The molecule has 0 saturated heterocycles. The van der Waals surface area contributed by atoms with Crippen LogP contribution in [0.15, 0.2) is 0 Å². The maximum atomic E-state index is 6.20. The molecule has 1 saturated carbocycles. The molecule has 90 valence electrons. The first-order valence-electron chi connectivity index (χ1n) is 6.05. The first-order valence-corrected chi connectivity index (χ1v) is 6.05. The molecular formula is C12H22N4. The number of aryl methyl sites for hydroxylation is 1. The fraction of sp³-hybridized carbons (Fsp3) is 0.833. The Morgan fingerprint density at radius 3 is 2.50 bits per heavy atom. The molecule has 1 aromatic rings. The van der Waals surface area contributed by atoms with Crippen LogP contribution in [0.25, 0.3) is 0 Å². The van der Waals surface area contributed by atoms with Crippen LogP contribution in [0.5, 0.6) is 0 Å². The summed E-state index contributed by atoms with van der Waals surface area (Å²) >= 11 is 0. The van der Waals surface area contributed by atoms with Crippen LogP contribution in [0, 0.1) is 12.3 Å². The minimum Gasteiger partial charge on any atom is -0.327 e. The molecule has 0 radical (unpaired) electrons. The van der Waals surface area contributed by atoms with Crippen molar-refractivity contribution in [3.8, 4) is 0 Å². The van der Waals surface area contributed by atoms with Crippen molar-refractivity contribution < 1.29 is 0 Å². The molecule has 1 atom stereocenters. The van der Waals surface area contributed by atoms with Crippen molar-refractivity contribution >= 4 is 0 Å². The Morgan fingerprint density at radius 2 is 2.00 bits per heavy atom. The van der Waals surface area contributed by atoms with Crippen LogP contribution in [-0.4, -0.2) is 20.8 Å². The minimum atomic E-state index is 0.119. The highest BCUT2D eigenvalue weighted by atomic mass is 15.3. The van der Waals surface area contributed by atoms with E-state index in [0.29, 0.717) is 6.04 Å². The number of nitrogens with zero attached hydrogens (tertiary/aromatic N) is 3. The van der Waals surface area contributed by atoms with Gasteiger partial charge < -0.3 is 10.3 Å². The number of hydrogen-bond acceptors (Lipinski definition) is 3. The SMILES string of the molecule is Cc1nnc(CC(N)C(C)(C)C)n1C1CC1. The number of rotatable bonds is 3. The summed E-state index contributed by atoms with van der Waals surface area (Å²) in [5.41, 5.74) is 6.32. The van der Waals surface area contributed by atoms with Crippen LogP contribution < -0.4 is 5.73 Å². The van der Waals surface area contributed by atoms with Crippen LogP contribution in [0.3, 0.4) is 0 Å². The average Bonchev–Trinajstić information content (AvgIpc) is 2.92. The third kappa shape index (κ3) is 2.26. The number of nitrogens with two attached hydrogens (primary N) is 1. The molecule has 0 aliphatic heterocycles. The molecular weight excluding hydrogens is 200 g/mol. The van der Waals surface area contributed by atoms with Gasteiger partial charge in [-0.05, 0) is 25.2 Å². The summed E-state index contributed by atoms with van der Waals surface area (Å²) in [5.74, 6) is 2.08. The van der Waals surface area contributed by atoms with E-state index in [1.165, 1.54) is 12.8 Å². The fourth-order valence-electron chi connectivity index (χ4n) is 1.86. The van der Waals surface area contributed by atoms with E-state index in [0.717, 1.165) is 18.1 Å². The van der Waals surface area contributed by atoms with Gasteiger partial charge in [0.15, 0.2) is 0 Å². The van der Waals surface area contributed by atoms with Crippen molar-refractivity contribution in [2.24, 2.45) is 11.1 Å². The van der Waals surface area contributed by atoms with E-state index in [4.69, 9.17) is 5.73 Å². The molecule has 0 amide bonds. The third-order valence-electron chi connectivity index (χ3n) is 3.36. The van der Waals surface area contributed by atoms with Crippen LogP contribution in [-0.2, 0) is 6.42 Å². The lowest BCUT2D eigenvalue weighted by Crippen LogP contribution is -2.37. The van der Waals surface area contributed by atoms with Crippen LogP contribution >= 0.6 is 0 Å². The van der Waals surface area contributed by atoms with E-state index in [9.17, 15) is 0 Å². The lowest BCUT2D eigenvalue weighted by molar-refractivity contribution is 0.312. The Bertz CT molecular complexity index is 371. The van der Waals surface area contributed by atoms with Gasteiger partial charge in [0.25, 0.3) is 0 Å². The van der Waals surface area contributed by atoms with Gasteiger partial charge in [-0.2, -0.15) is 0 Å². The van der Waals surface area contributed by atoms with Crippen LogP contribution in [0.4, 0.5) is 0 Å². The standard InChI is InChI=1S/C12H22N4/c1-8-14-15-11(16(8)9-5-6-9)7-10(13)12(2,3)4/h9-10H,5-7,13H2,1-4H3. The van der Waals surface area contributed by atoms with Crippen molar-refractivity contribution in [2.45, 2.75) is 59.0 Å². The lowest BCUT2D eigenvalue weighted by Gasteiger charge is -2.26. The Hall–Kier alpha value is -0.900. The van der Waals surface area contributed by atoms with Gasteiger partial charge in [-0.15, -0.1) is 10.2 Å².